The first kappa shape index (κ1) is 14.7. The predicted molar refractivity (Wildman–Crippen MR) is 77.5 cm³/mol. The fraction of sp³-hybridized carbons (Fsp3) is 0.533. The molecule has 1 saturated heterocycles. The SMILES string of the molecule is CCOc1ccc(C(=O)N2CCNC(C)C2)cc1OC. The molecule has 1 heterocycles. The van der Waals surface area contributed by atoms with Gasteiger partial charge in [0.05, 0.1) is 13.7 Å². The highest BCUT2D eigenvalue weighted by Crippen LogP contribution is 2.28. The lowest BCUT2D eigenvalue weighted by atomic mass is 10.1. The van der Waals surface area contributed by atoms with Gasteiger partial charge in [0.1, 0.15) is 0 Å². The lowest BCUT2D eigenvalue weighted by Gasteiger charge is -2.32. The number of benzene rings is 1. The zero-order valence-corrected chi connectivity index (χ0v) is 12.3. The van der Waals surface area contributed by atoms with Gasteiger partial charge >= 0.3 is 0 Å². The van der Waals surface area contributed by atoms with E-state index in [1.807, 2.05) is 11.8 Å². The summed E-state index contributed by atoms with van der Waals surface area (Å²) in [4.78, 5) is 14.4. The maximum Gasteiger partial charge on any atom is 0.254 e. The Bertz CT molecular complexity index is 476. The van der Waals surface area contributed by atoms with Gasteiger partial charge in [-0.2, -0.15) is 0 Å². The van der Waals surface area contributed by atoms with Crippen molar-refractivity contribution in [3.63, 3.8) is 0 Å². The summed E-state index contributed by atoms with van der Waals surface area (Å²) in [6.45, 7) is 6.87. The summed E-state index contributed by atoms with van der Waals surface area (Å²) >= 11 is 0. The number of rotatable bonds is 4. The van der Waals surface area contributed by atoms with Crippen LogP contribution in [0.25, 0.3) is 0 Å². The predicted octanol–water partition coefficient (Wildman–Crippen LogP) is 1.53. The van der Waals surface area contributed by atoms with E-state index < -0.39 is 0 Å². The molecule has 110 valence electrons. The van der Waals surface area contributed by atoms with Gasteiger partial charge in [-0.1, -0.05) is 0 Å². The van der Waals surface area contributed by atoms with Crippen LogP contribution in [0.4, 0.5) is 0 Å². The highest BCUT2D eigenvalue weighted by Gasteiger charge is 2.22. The molecule has 0 saturated carbocycles. The molecule has 1 aromatic rings. The highest BCUT2D eigenvalue weighted by atomic mass is 16.5. The maximum absolute atomic E-state index is 12.5. The summed E-state index contributed by atoms with van der Waals surface area (Å²) < 4.78 is 10.8. The number of methoxy groups -OCH3 is 1. The topological polar surface area (TPSA) is 50.8 Å². The van der Waals surface area contributed by atoms with Gasteiger partial charge < -0.3 is 19.7 Å². The average Bonchev–Trinajstić information content (AvgIpc) is 2.47. The second-order valence-corrected chi connectivity index (χ2v) is 4.90. The van der Waals surface area contributed by atoms with Crippen LogP contribution < -0.4 is 14.8 Å². The van der Waals surface area contributed by atoms with Crippen molar-refractivity contribution in [2.75, 3.05) is 33.4 Å². The van der Waals surface area contributed by atoms with Crippen LogP contribution >= 0.6 is 0 Å². The smallest absolute Gasteiger partial charge is 0.254 e. The van der Waals surface area contributed by atoms with Crippen LogP contribution in [-0.2, 0) is 0 Å². The van der Waals surface area contributed by atoms with Gasteiger partial charge in [-0.25, -0.2) is 0 Å². The van der Waals surface area contributed by atoms with E-state index in [-0.39, 0.29) is 5.91 Å². The number of carbonyl (C=O) groups excluding carboxylic acids is 1. The van der Waals surface area contributed by atoms with Crippen LogP contribution in [0.1, 0.15) is 24.2 Å². The fourth-order valence-corrected chi connectivity index (χ4v) is 2.37. The van der Waals surface area contributed by atoms with Crippen molar-refractivity contribution in [2.24, 2.45) is 0 Å². The molecular weight excluding hydrogens is 256 g/mol. The lowest BCUT2D eigenvalue weighted by Crippen LogP contribution is -2.51. The summed E-state index contributed by atoms with van der Waals surface area (Å²) in [6.07, 6.45) is 0. The van der Waals surface area contributed by atoms with E-state index >= 15 is 0 Å². The molecule has 1 amide bonds. The fourth-order valence-electron chi connectivity index (χ4n) is 2.37. The first-order chi connectivity index (χ1) is 9.65. The van der Waals surface area contributed by atoms with Crippen molar-refractivity contribution in [1.82, 2.24) is 10.2 Å². The quantitative estimate of drug-likeness (QED) is 0.907. The van der Waals surface area contributed by atoms with Crippen LogP contribution in [0.5, 0.6) is 11.5 Å². The van der Waals surface area contributed by atoms with Crippen molar-refractivity contribution in [2.45, 2.75) is 19.9 Å². The molecule has 20 heavy (non-hydrogen) atoms. The van der Waals surface area contributed by atoms with E-state index in [0.717, 1.165) is 19.6 Å². The summed E-state index contributed by atoms with van der Waals surface area (Å²) in [5.74, 6) is 1.31. The van der Waals surface area contributed by atoms with Crippen LogP contribution in [0, 0.1) is 0 Å². The molecule has 5 nitrogen and oxygen atoms in total. The van der Waals surface area contributed by atoms with E-state index in [1.54, 1.807) is 25.3 Å². The lowest BCUT2D eigenvalue weighted by molar-refractivity contribution is 0.0708. The van der Waals surface area contributed by atoms with E-state index in [1.165, 1.54) is 0 Å². The Labute approximate surface area is 119 Å². The first-order valence-corrected chi connectivity index (χ1v) is 6.99. The monoisotopic (exact) mass is 278 g/mol. The number of amides is 1. The molecule has 1 aromatic carbocycles. The Hall–Kier alpha value is -1.75. The molecule has 0 bridgehead atoms. The molecule has 1 unspecified atom stereocenters. The maximum atomic E-state index is 12.5. The summed E-state index contributed by atoms with van der Waals surface area (Å²) in [7, 11) is 1.58. The minimum absolute atomic E-state index is 0.0414. The van der Waals surface area contributed by atoms with Crippen LogP contribution in [-0.4, -0.2) is 50.2 Å². The first-order valence-electron chi connectivity index (χ1n) is 6.99. The van der Waals surface area contributed by atoms with Gasteiger partial charge in [0.15, 0.2) is 11.5 Å². The van der Waals surface area contributed by atoms with Crippen molar-refractivity contribution in [1.29, 1.82) is 0 Å². The highest BCUT2D eigenvalue weighted by molar-refractivity contribution is 5.95. The van der Waals surface area contributed by atoms with E-state index in [4.69, 9.17) is 9.47 Å². The Morgan fingerprint density at radius 3 is 2.90 bits per heavy atom. The van der Waals surface area contributed by atoms with Crippen LogP contribution in [0.3, 0.4) is 0 Å². The molecule has 1 aliphatic rings. The summed E-state index contributed by atoms with van der Waals surface area (Å²) in [6, 6.07) is 5.67. The zero-order chi connectivity index (χ0) is 14.5. The minimum Gasteiger partial charge on any atom is -0.493 e. The standard InChI is InChI=1S/C15H22N2O3/c1-4-20-13-6-5-12(9-14(13)19-3)15(18)17-8-7-16-11(2)10-17/h5-6,9,11,16H,4,7-8,10H2,1-3H3. The molecule has 1 atom stereocenters. The molecule has 0 radical (unpaired) electrons. The third-order valence-electron chi connectivity index (χ3n) is 3.37. The number of hydrogen-bond donors (Lipinski definition) is 1. The normalized spacial score (nSPS) is 18.8. The van der Waals surface area contributed by atoms with Crippen molar-refractivity contribution < 1.29 is 14.3 Å². The number of ether oxygens (including phenoxy) is 2. The third kappa shape index (κ3) is 3.22. The van der Waals surface area contributed by atoms with Gasteiger partial charge in [-0.05, 0) is 32.0 Å². The second kappa shape index (κ2) is 6.61. The molecular formula is C15H22N2O3. The molecule has 2 rings (SSSR count). The number of hydrogen-bond acceptors (Lipinski definition) is 4. The van der Waals surface area contributed by atoms with Crippen LogP contribution in [0.2, 0.25) is 0 Å². The molecule has 1 fully saturated rings. The second-order valence-electron chi connectivity index (χ2n) is 4.90. The van der Waals surface area contributed by atoms with Gasteiger partial charge in [0, 0.05) is 31.2 Å². The molecule has 0 aliphatic carbocycles. The molecule has 5 heteroatoms. The molecule has 1 aliphatic heterocycles. The number of carbonyl (C=O) groups is 1. The Morgan fingerprint density at radius 1 is 1.45 bits per heavy atom. The Morgan fingerprint density at radius 2 is 2.25 bits per heavy atom. The van der Waals surface area contributed by atoms with E-state index in [0.29, 0.717) is 29.7 Å². The van der Waals surface area contributed by atoms with Gasteiger partial charge in [-0.3, -0.25) is 4.79 Å². The van der Waals surface area contributed by atoms with Crippen molar-refractivity contribution in [3.8, 4) is 11.5 Å². The van der Waals surface area contributed by atoms with E-state index in [2.05, 4.69) is 12.2 Å². The van der Waals surface area contributed by atoms with Crippen LogP contribution in [0.15, 0.2) is 18.2 Å². The Balaban J connectivity index is 2.17. The van der Waals surface area contributed by atoms with E-state index in [9.17, 15) is 4.79 Å². The minimum atomic E-state index is 0.0414. The Kier molecular flexibility index (Phi) is 4.84. The molecule has 0 spiro atoms. The third-order valence-corrected chi connectivity index (χ3v) is 3.37. The molecule has 0 aromatic heterocycles. The summed E-state index contributed by atoms with van der Waals surface area (Å²) in [5.41, 5.74) is 0.638. The molecule has 1 N–H and O–H groups in total. The van der Waals surface area contributed by atoms with Crippen molar-refractivity contribution >= 4 is 5.91 Å². The number of nitrogens with zero attached hydrogens (tertiary/aromatic N) is 1. The number of piperazine rings is 1. The van der Waals surface area contributed by atoms with Gasteiger partial charge in [0.25, 0.3) is 5.91 Å². The number of nitrogens with one attached hydrogen (secondary N) is 1. The average molecular weight is 278 g/mol. The largest absolute Gasteiger partial charge is 0.493 e. The van der Waals surface area contributed by atoms with Crippen molar-refractivity contribution in [3.05, 3.63) is 23.8 Å². The zero-order valence-electron chi connectivity index (χ0n) is 12.3. The van der Waals surface area contributed by atoms with Gasteiger partial charge in [0.2, 0.25) is 0 Å². The summed E-state index contributed by atoms with van der Waals surface area (Å²) in [5, 5.41) is 3.33. The van der Waals surface area contributed by atoms with Gasteiger partial charge in [-0.15, -0.1) is 0 Å².